The first-order valence-electron chi connectivity index (χ1n) is 5.53. The van der Waals surface area contributed by atoms with Crippen LogP contribution in [0.5, 0.6) is 0 Å². The van der Waals surface area contributed by atoms with Crippen molar-refractivity contribution in [3.05, 3.63) is 34.3 Å². The minimum Gasteiger partial charge on any atom is -0.350 e. The summed E-state index contributed by atoms with van der Waals surface area (Å²) in [6.07, 6.45) is 0.565. The molecule has 0 saturated heterocycles. The molecule has 1 aromatic carbocycles. The average molecular weight is 298 g/mol. The van der Waals surface area contributed by atoms with E-state index in [4.69, 9.17) is 0 Å². The number of carbonyl (C=O) groups excluding carboxylic acids is 2. The highest BCUT2D eigenvalue weighted by molar-refractivity contribution is 9.10. The Morgan fingerprint density at radius 2 is 1.82 bits per heavy atom. The van der Waals surface area contributed by atoms with Crippen LogP contribution < -0.4 is 5.32 Å². The summed E-state index contributed by atoms with van der Waals surface area (Å²) in [6, 6.07) is 7.75. The molecule has 0 unspecified atom stereocenters. The van der Waals surface area contributed by atoms with E-state index in [-0.39, 0.29) is 24.2 Å². The zero-order valence-electron chi connectivity index (χ0n) is 10.00. The monoisotopic (exact) mass is 297 g/mol. The van der Waals surface area contributed by atoms with Crippen LogP contribution in [0, 0.1) is 0 Å². The maximum absolute atomic E-state index is 11.5. The van der Waals surface area contributed by atoms with Crippen molar-refractivity contribution in [3.8, 4) is 0 Å². The molecule has 1 N–H and O–H groups in total. The number of hydrogen-bond donors (Lipinski definition) is 1. The number of ketones is 1. The van der Waals surface area contributed by atoms with E-state index in [0.29, 0.717) is 6.42 Å². The molecule has 0 heterocycles. The van der Waals surface area contributed by atoms with Crippen LogP contribution in [0.2, 0.25) is 0 Å². The van der Waals surface area contributed by atoms with Gasteiger partial charge in [0.05, 0.1) is 6.04 Å². The van der Waals surface area contributed by atoms with Crippen LogP contribution >= 0.6 is 15.9 Å². The van der Waals surface area contributed by atoms with Crippen molar-refractivity contribution >= 4 is 27.6 Å². The first-order chi connectivity index (χ1) is 7.99. The Labute approximate surface area is 110 Å². The summed E-state index contributed by atoms with van der Waals surface area (Å²) >= 11 is 3.36. The van der Waals surface area contributed by atoms with Crippen LogP contribution in [0.3, 0.4) is 0 Å². The van der Waals surface area contributed by atoms with Gasteiger partial charge in [-0.1, -0.05) is 28.1 Å². The van der Waals surface area contributed by atoms with Crippen molar-refractivity contribution in [3.63, 3.8) is 0 Å². The number of benzene rings is 1. The molecule has 0 aliphatic rings. The summed E-state index contributed by atoms with van der Waals surface area (Å²) in [6.45, 7) is 3.42. The van der Waals surface area contributed by atoms with Crippen molar-refractivity contribution in [1.29, 1.82) is 0 Å². The zero-order chi connectivity index (χ0) is 12.8. The van der Waals surface area contributed by atoms with E-state index >= 15 is 0 Å². The topological polar surface area (TPSA) is 46.2 Å². The molecule has 0 bridgehead atoms. The molecule has 92 valence electrons. The molecule has 0 fully saturated rings. The Balaban J connectivity index is 2.48. The standard InChI is InChI=1S/C13H16BrNO2/c1-9(16)3-8-13(17)15-10(2)11-4-6-12(14)7-5-11/h4-7,10H,3,8H2,1-2H3,(H,15,17)/t10-/m1/s1. The number of halogens is 1. The molecule has 1 amide bonds. The lowest BCUT2D eigenvalue weighted by Gasteiger charge is -2.14. The number of carbonyl (C=O) groups is 2. The molecule has 0 aromatic heterocycles. The van der Waals surface area contributed by atoms with E-state index in [1.807, 2.05) is 31.2 Å². The maximum Gasteiger partial charge on any atom is 0.220 e. The summed E-state index contributed by atoms with van der Waals surface area (Å²) in [7, 11) is 0. The van der Waals surface area contributed by atoms with Crippen molar-refractivity contribution < 1.29 is 9.59 Å². The number of rotatable bonds is 5. The van der Waals surface area contributed by atoms with Gasteiger partial charge >= 0.3 is 0 Å². The van der Waals surface area contributed by atoms with Gasteiger partial charge < -0.3 is 10.1 Å². The molecule has 1 atom stereocenters. The highest BCUT2D eigenvalue weighted by Gasteiger charge is 2.09. The minimum atomic E-state index is -0.0874. The van der Waals surface area contributed by atoms with E-state index in [9.17, 15) is 9.59 Å². The molecule has 3 nitrogen and oxygen atoms in total. The van der Waals surface area contributed by atoms with Gasteiger partial charge in [0.2, 0.25) is 5.91 Å². The van der Waals surface area contributed by atoms with E-state index in [1.54, 1.807) is 0 Å². The Kier molecular flexibility index (Phi) is 5.35. The molecular formula is C13H16BrNO2. The van der Waals surface area contributed by atoms with Crippen LogP contribution in [0.15, 0.2) is 28.7 Å². The predicted octanol–water partition coefficient (Wildman–Crippen LogP) is 3.00. The second kappa shape index (κ2) is 6.55. The van der Waals surface area contributed by atoms with Gasteiger partial charge in [-0.15, -0.1) is 0 Å². The Bertz CT molecular complexity index is 400. The lowest BCUT2D eigenvalue weighted by Crippen LogP contribution is -2.26. The van der Waals surface area contributed by atoms with E-state index < -0.39 is 0 Å². The number of hydrogen-bond acceptors (Lipinski definition) is 2. The molecule has 0 aliphatic carbocycles. The predicted molar refractivity (Wildman–Crippen MR) is 70.6 cm³/mol. The van der Waals surface area contributed by atoms with Crippen molar-refractivity contribution in [2.75, 3.05) is 0 Å². The molecule has 0 aliphatic heterocycles. The van der Waals surface area contributed by atoms with Gasteiger partial charge in [-0.3, -0.25) is 4.79 Å². The fourth-order valence-corrected chi connectivity index (χ4v) is 1.70. The highest BCUT2D eigenvalue weighted by Crippen LogP contribution is 2.16. The lowest BCUT2D eigenvalue weighted by atomic mass is 10.1. The largest absolute Gasteiger partial charge is 0.350 e. The molecular weight excluding hydrogens is 282 g/mol. The van der Waals surface area contributed by atoms with Crippen LogP contribution in [-0.2, 0) is 9.59 Å². The molecule has 0 saturated carbocycles. The average Bonchev–Trinajstić information content (AvgIpc) is 2.27. The van der Waals surface area contributed by atoms with Crippen molar-refractivity contribution in [2.45, 2.75) is 32.7 Å². The van der Waals surface area contributed by atoms with Gasteiger partial charge in [0.1, 0.15) is 5.78 Å². The molecule has 4 heteroatoms. The third-order valence-electron chi connectivity index (χ3n) is 2.45. The smallest absolute Gasteiger partial charge is 0.220 e. The van der Waals surface area contributed by atoms with E-state index in [2.05, 4.69) is 21.2 Å². The van der Waals surface area contributed by atoms with Crippen LogP contribution in [0.1, 0.15) is 38.3 Å². The summed E-state index contributed by atoms with van der Waals surface area (Å²) in [4.78, 5) is 22.3. The minimum absolute atomic E-state index is 0.0384. The van der Waals surface area contributed by atoms with Crippen LogP contribution in [0.25, 0.3) is 0 Å². The summed E-state index contributed by atoms with van der Waals surface area (Å²) in [5, 5.41) is 2.86. The van der Waals surface area contributed by atoms with Crippen molar-refractivity contribution in [1.82, 2.24) is 5.32 Å². The normalized spacial score (nSPS) is 11.9. The van der Waals surface area contributed by atoms with Crippen LogP contribution in [0.4, 0.5) is 0 Å². The quantitative estimate of drug-likeness (QED) is 0.908. The first kappa shape index (κ1) is 13.9. The number of amides is 1. The fraction of sp³-hybridized carbons (Fsp3) is 0.385. The summed E-state index contributed by atoms with van der Waals surface area (Å²) < 4.78 is 1.01. The van der Waals surface area contributed by atoms with Gasteiger partial charge in [0.15, 0.2) is 0 Å². The van der Waals surface area contributed by atoms with Gasteiger partial charge in [0.25, 0.3) is 0 Å². The maximum atomic E-state index is 11.5. The lowest BCUT2D eigenvalue weighted by molar-refractivity contribution is -0.125. The summed E-state index contributed by atoms with van der Waals surface area (Å²) in [5.74, 6) is -0.0490. The summed E-state index contributed by atoms with van der Waals surface area (Å²) in [5.41, 5.74) is 1.05. The molecule has 1 rings (SSSR count). The fourth-order valence-electron chi connectivity index (χ4n) is 1.44. The first-order valence-corrected chi connectivity index (χ1v) is 6.32. The Morgan fingerprint density at radius 3 is 2.35 bits per heavy atom. The van der Waals surface area contributed by atoms with Gasteiger partial charge in [0, 0.05) is 17.3 Å². The third kappa shape index (κ3) is 5.13. The van der Waals surface area contributed by atoms with Gasteiger partial charge in [-0.2, -0.15) is 0 Å². The molecule has 1 aromatic rings. The van der Waals surface area contributed by atoms with E-state index in [0.717, 1.165) is 10.0 Å². The second-order valence-electron chi connectivity index (χ2n) is 4.04. The van der Waals surface area contributed by atoms with Gasteiger partial charge in [-0.25, -0.2) is 0 Å². The Morgan fingerprint density at radius 1 is 1.24 bits per heavy atom. The third-order valence-corrected chi connectivity index (χ3v) is 2.98. The molecule has 0 radical (unpaired) electrons. The SMILES string of the molecule is CC(=O)CCC(=O)N[C@H](C)c1ccc(Br)cc1. The van der Waals surface area contributed by atoms with Crippen molar-refractivity contribution in [2.24, 2.45) is 0 Å². The van der Waals surface area contributed by atoms with E-state index in [1.165, 1.54) is 6.92 Å². The van der Waals surface area contributed by atoms with Gasteiger partial charge in [-0.05, 0) is 31.5 Å². The number of nitrogens with one attached hydrogen (secondary N) is 1. The highest BCUT2D eigenvalue weighted by atomic mass is 79.9. The second-order valence-corrected chi connectivity index (χ2v) is 4.96. The Hall–Kier alpha value is -1.16. The molecule has 0 spiro atoms. The molecule has 17 heavy (non-hydrogen) atoms. The zero-order valence-corrected chi connectivity index (χ0v) is 11.6. The number of Topliss-reactive ketones (excluding diaryl/α,β-unsaturated/α-hetero) is 1. The van der Waals surface area contributed by atoms with Crippen LogP contribution in [-0.4, -0.2) is 11.7 Å².